The molecule has 1 saturated heterocycles. The summed E-state index contributed by atoms with van der Waals surface area (Å²) in [6.45, 7) is 7.09. The fourth-order valence-corrected chi connectivity index (χ4v) is 3.31. The molecule has 1 aromatic heterocycles. The molecular weight excluding hydrogens is 310 g/mol. The van der Waals surface area contributed by atoms with Gasteiger partial charge in [0.2, 0.25) is 0 Å². The Balaban J connectivity index is 1.72. The monoisotopic (exact) mass is 337 g/mol. The molecular formula is C16H27N5OS. The van der Waals surface area contributed by atoms with E-state index in [1.54, 1.807) is 0 Å². The molecule has 0 radical (unpaired) electrons. The van der Waals surface area contributed by atoms with Gasteiger partial charge in [0.15, 0.2) is 0 Å². The van der Waals surface area contributed by atoms with Gasteiger partial charge in [-0.1, -0.05) is 13.3 Å². The number of aromatic nitrogens is 2. The second-order valence-corrected chi connectivity index (χ2v) is 6.90. The van der Waals surface area contributed by atoms with Gasteiger partial charge in [0.05, 0.1) is 0 Å². The number of hydrogen-bond donors (Lipinski definition) is 2. The Kier molecular flexibility index (Phi) is 7.45. The lowest BCUT2D eigenvalue weighted by Crippen LogP contribution is -2.45. The van der Waals surface area contributed by atoms with Gasteiger partial charge in [-0.2, -0.15) is 11.8 Å². The van der Waals surface area contributed by atoms with Crippen molar-refractivity contribution in [2.45, 2.75) is 33.1 Å². The molecule has 1 aromatic rings. The van der Waals surface area contributed by atoms with Gasteiger partial charge in [-0.3, -0.25) is 0 Å². The molecule has 2 amide bonds. The van der Waals surface area contributed by atoms with Crippen LogP contribution in [0.4, 0.5) is 10.6 Å². The van der Waals surface area contributed by atoms with E-state index in [0.29, 0.717) is 13.1 Å². The predicted molar refractivity (Wildman–Crippen MR) is 96.2 cm³/mol. The molecule has 7 heteroatoms. The number of rotatable bonds is 7. The lowest BCUT2D eigenvalue weighted by molar-refractivity contribution is 0.203. The number of carbonyl (C=O) groups is 1. The van der Waals surface area contributed by atoms with Gasteiger partial charge in [-0.05, 0) is 13.3 Å². The van der Waals surface area contributed by atoms with Crippen LogP contribution in [0.15, 0.2) is 6.07 Å². The molecule has 2 rings (SSSR count). The number of amides is 2. The van der Waals surface area contributed by atoms with Crippen LogP contribution in [0, 0.1) is 6.92 Å². The minimum atomic E-state index is 0.0367. The molecule has 0 saturated carbocycles. The maximum atomic E-state index is 12.0. The fourth-order valence-electron chi connectivity index (χ4n) is 2.41. The second-order valence-electron chi connectivity index (χ2n) is 5.67. The van der Waals surface area contributed by atoms with Gasteiger partial charge in [-0.25, -0.2) is 14.8 Å². The van der Waals surface area contributed by atoms with Crippen molar-refractivity contribution in [2.75, 3.05) is 43.0 Å². The summed E-state index contributed by atoms with van der Waals surface area (Å²) in [5, 5.41) is 6.23. The highest BCUT2D eigenvalue weighted by Crippen LogP contribution is 2.09. The van der Waals surface area contributed by atoms with E-state index in [-0.39, 0.29) is 6.03 Å². The third-order valence-corrected chi connectivity index (χ3v) is 4.60. The lowest BCUT2D eigenvalue weighted by Gasteiger charge is -2.26. The van der Waals surface area contributed by atoms with Crippen LogP contribution in [-0.2, 0) is 6.42 Å². The molecule has 0 bridgehead atoms. The van der Waals surface area contributed by atoms with Crippen molar-refractivity contribution in [3.05, 3.63) is 17.6 Å². The summed E-state index contributed by atoms with van der Waals surface area (Å²) in [5.41, 5.74) is 0.975. The number of nitrogens with one attached hydrogen (secondary N) is 2. The van der Waals surface area contributed by atoms with Crippen LogP contribution < -0.4 is 10.6 Å². The van der Waals surface area contributed by atoms with Crippen molar-refractivity contribution < 1.29 is 4.79 Å². The maximum Gasteiger partial charge on any atom is 0.317 e. The Morgan fingerprint density at radius 3 is 2.83 bits per heavy atom. The van der Waals surface area contributed by atoms with Gasteiger partial charge in [0.1, 0.15) is 11.6 Å². The van der Waals surface area contributed by atoms with E-state index in [1.807, 2.05) is 29.7 Å². The Labute approximate surface area is 142 Å². The van der Waals surface area contributed by atoms with Gasteiger partial charge < -0.3 is 15.5 Å². The molecule has 0 spiro atoms. The van der Waals surface area contributed by atoms with Crippen LogP contribution in [0.1, 0.15) is 31.3 Å². The van der Waals surface area contributed by atoms with E-state index in [2.05, 4.69) is 27.5 Å². The van der Waals surface area contributed by atoms with Crippen molar-refractivity contribution in [3.63, 3.8) is 0 Å². The largest absolute Gasteiger partial charge is 0.368 e. The quantitative estimate of drug-likeness (QED) is 0.747. The number of urea groups is 1. The number of aryl methyl sites for hydroxylation is 2. The molecule has 2 heterocycles. The first kappa shape index (κ1) is 17.8. The van der Waals surface area contributed by atoms with E-state index < -0.39 is 0 Å². The number of hydrogen-bond acceptors (Lipinski definition) is 5. The molecule has 2 N–H and O–H groups in total. The average Bonchev–Trinajstić information content (AvgIpc) is 2.57. The zero-order valence-corrected chi connectivity index (χ0v) is 14.9. The molecule has 6 nitrogen and oxygen atoms in total. The van der Waals surface area contributed by atoms with Crippen molar-refractivity contribution >= 4 is 23.6 Å². The highest BCUT2D eigenvalue weighted by molar-refractivity contribution is 7.99. The summed E-state index contributed by atoms with van der Waals surface area (Å²) >= 11 is 1.90. The summed E-state index contributed by atoms with van der Waals surface area (Å²) in [7, 11) is 0. The molecule has 0 aliphatic carbocycles. The first-order valence-electron chi connectivity index (χ1n) is 8.38. The van der Waals surface area contributed by atoms with Crippen molar-refractivity contribution in [1.29, 1.82) is 0 Å². The van der Waals surface area contributed by atoms with Crippen LogP contribution in [-0.4, -0.2) is 58.6 Å². The molecule has 23 heavy (non-hydrogen) atoms. The zero-order chi connectivity index (χ0) is 16.5. The summed E-state index contributed by atoms with van der Waals surface area (Å²) in [5.74, 6) is 3.80. The minimum absolute atomic E-state index is 0.0367. The lowest BCUT2D eigenvalue weighted by atomic mass is 10.2. The van der Waals surface area contributed by atoms with Gasteiger partial charge >= 0.3 is 6.03 Å². The Bertz CT molecular complexity index is 505. The normalized spacial score (nSPS) is 14.6. The maximum absolute atomic E-state index is 12.0. The molecule has 1 aliphatic heterocycles. The molecule has 0 aromatic carbocycles. The third-order valence-electron chi connectivity index (χ3n) is 3.66. The standard InChI is InChI=1S/C16H27N5OS/c1-3-4-5-14-19-13(2)12-15(20-14)17-6-7-18-16(22)21-8-10-23-11-9-21/h12H,3-11H2,1-2H3,(H,18,22)(H,17,19,20). The van der Waals surface area contributed by atoms with Crippen LogP contribution in [0.5, 0.6) is 0 Å². The third kappa shape index (κ3) is 6.25. The number of nitrogens with zero attached hydrogens (tertiary/aromatic N) is 3. The smallest absolute Gasteiger partial charge is 0.317 e. The Morgan fingerprint density at radius 1 is 1.30 bits per heavy atom. The van der Waals surface area contributed by atoms with Crippen molar-refractivity contribution in [3.8, 4) is 0 Å². The average molecular weight is 337 g/mol. The van der Waals surface area contributed by atoms with Crippen LogP contribution in [0.2, 0.25) is 0 Å². The van der Waals surface area contributed by atoms with E-state index in [0.717, 1.165) is 61.2 Å². The molecule has 1 fully saturated rings. The van der Waals surface area contributed by atoms with Gasteiger partial charge in [0.25, 0.3) is 0 Å². The highest BCUT2D eigenvalue weighted by atomic mass is 32.2. The number of carbonyl (C=O) groups excluding carboxylic acids is 1. The van der Waals surface area contributed by atoms with Gasteiger partial charge in [0, 0.05) is 55.9 Å². The zero-order valence-electron chi connectivity index (χ0n) is 14.1. The van der Waals surface area contributed by atoms with Crippen LogP contribution >= 0.6 is 11.8 Å². The molecule has 0 atom stereocenters. The first-order chi connectivity index (χ1) is 11.2. The molecule has 1 aliphatic rings. The number of thioether (sulfide) groups is 1. The summed E-state index contributed by atoms with van der Waals surface area (Å²) in [6.07, 6.45) is 3.16. The predicted octanol–water partition coefficient (Wildman–Crippen LogP) is 2.30. The highest BCUT2D eigenvalue weighted by Gasteiger charge is 2.15. The van der Waals surface area contributed by atoms with Crippen molar-refractivity contribution in [2.24, 2.45) is 0 Å². The van der Waals surface area contributed by atoms with E-state index in [1.165, 1.54) is 0 Å². The van der Waals surface area contributed by atoms with Crippen LogP contribution in [0.3, 0.4) is 0 Å². The topological polar surface area (TPSA) is 70.2 Å². The summed E-state index contributed by atoms with van der Waals surface area (Å²) in [4.78, 5) is 22.9. The molecule has 0 unspecified atom stereocenters. The summed E-state index contributed by atoms with van der Waals surface area (Å²) < 4.78 is 0. The molecule has 128 valence electrons. The Hall–Kier alpha value is -1.50. The van der Waals surface area contributed by atoms with Crippen molar-refractivity contribution in [1.82, 2.24) is 20.2 Å². The minimum Gasteiger partial charge on any atom is -0.368 e. The number of anilines is 1. The van der Waals surface area contributed by atoms with E-state index in [4.69, 9.17) is 0 Å². The summed E-state index contributed by atoms with van der Waals surface area (Å²) in [6, 6.07) is 1.98. The first-order valence-corrected chi connectivity index (χ1v) is 9.53. The van der Waals surface area contributed by atoms with Gasteiger partial charge in [-0.15, -0.1) is 0 Å². The van der Waals surface area contributed by atoms with E-state index >= 15 is 0 Å². The Morgan fingerprint density at radius 2 is 2.09 bits per heavy atom. The second kappa shape index (κ2) is 9.60. The number of unbranched alkanes of at least 4 members (excludes halogenated alkanes) is 1. The SMILES string of the molecule is CCCCc1nc(C)cc(NCCNC(=O)N2CCSCC2)n1. The fraction of sp³-hybridized carbons (Fsp3) is 0.688. The van der Waals surface area contributed by atoms with E-state index in [9.17, 15) is 4.79 Å². The van der Waals surface area contributed by atoms with Crippen LogP contribution in [0.25, 0.3) is 0 Å².